The Morgan fingerprint density at radius 3 is 2.63 bits per heavy atom. The van der Waals surface area contributed by atoms with Gasteiger partial charge in [0.05, 0.1) is 40.3 Å². The van der Waals surface area contributed by atoms with Gasteiger partial charge in [-0.05, 0) is 43.2 Å². The normalized spacial score (nSPS) is 15.3. The molecule has 0 aliphatic carbocycles. The quantitative estimate of drug-likeness (QED) is 0.258. The highest BCUT2D eigenvalue weighted by molar-refractivity contribution is 7.12. The van der Waals surface area contributed by atoms with E-state index >= 15 is 0 Å². The number of urea groups is 1. The third-order valence-electron chi connectivity index (χ3n) is 6.97. The van der Waals surface area contributed by atoms with Crippen molar-refractivity contribution in [3.63, 3.8) is 0 Å². The van der Waals surface area contributed by atoms with Crippen molar-refractivity contribution in [1.29, 1.82) is 0 Å². The number of ether oxygens (including phenoxy) is 1. The third-order valence-corrected chi connectivity index (χ3v) is 8.52. The molecule has 0 spiro atoms. The van der Waals surface area contributed by atoms with Gasteiger partial charge in [0.15, 0.2) is 0 Å². The predicted molar refractivity (Wildman–Crippen MR) is 163 cm³/mol. The summed E-state index contributed by atoms with van der Waals surface area (Å²) in [6.07, 6.45) is 1.62. The maximum atomic E-state index is 13.7. The van der Waals surface area contributed by atoms with Gasteiger partial charge >= 0.3 is 6.03 Å². The minimum Gasteiger partial charge on any atom is -0.497 e. The first-order chi connectivity index (χ1) is 19.7. The maximum Gasteiger partial charge on any atom is 0.322 e. The number of halogens is 2. The summed E-state index contributed by atoms with van der Waals surface area (Å²) in [6, 6.07) is 12.2. The molecule has 0 saturated carbocycles. The Labute approximate surface area is 252 Å². The van der Waals surface area contributed by atoms with Crippen molar-refractivity contribution in [2.45, 2.75) is 32.7 Å². The largest absolute Gasteiger partial charge is 0.497 e. The average molecular weight is 614 g/mol. The molecule has 1 fully saturated rings. The highest BCUT2D eigenvalue weighted by Crippen LogP contribution is 2.31. The first-order valence-corrected chi connectivity index (χ1v) is 14.8. The van der Waals surface area contributed by atoms with E-state index in [0.717, 1.165) is 22.7 Å². The lowest BCUT2D eigenvalue weighted by atomic mass is 10.0. The lowest BCUT2D eigenvalue weighted by Gasteiger charge is -2.39. The second kappa shape index (κ2) is 12.1. The van der Waals surface area contributed by atoms with Crippen molar-refractivity contribution < 1.29 is 14.3 Å². The monoisotopic (exact) mass is 612 g/mol. The molecule has 214 valence electrons. The van der Waals surface area contributed by atoms with Crippen LogP contribution in [0.15, 0.2) is 54.0 Å². The predicted octanol–water partition coefficient (Wildman–Crippen LogP) is 6.81. The SMILES string of the molecule is COc1cccc(-c2csc(-n3ncc(C(=O)N4CCN(C(=O)Nc5ccc(Cl)c(Cl)c5)C(C)C4)c3C(C)C)n2)c1. The van der Waals surface area contributed by atoms with Crippen LogP contribution in [0.3, 0.4) is 0 Å². The number of nitrogens with zero attached hydrogens (tertiary/aromatic N) is 5. The van der Waals surface area contributed by atoms with Crippen molar-refractivity contribution in [1.82, 2.24) is 24.6 Å². The van der Waals surface area contributed by atoms with Gasteiger partial charge in [-0.25, -0.2) is 14.5 Å². The molecule has 1 aliphatic rings. The fraction of sp³-hybridized carbons (Fsp3) is 0.310. The first-order valence-electron chi connectivity index (χ1n) is 13.2. The standard InChI is InChI=1S/C29H30Cl2N6O3S/c1-17(2)26-22(14-32-37(26)29-34-25(16-41-29)19-6-5-7-21(12-19)40-4)27(38)35-10-11-36(18(3)15-35)28(39)33-20-8-9-23(30)24(31)13-20/h5-9,12-14,16-18H,10-11,15H2,1-4H3,(H,33,39). The molecule has 3 heterocycles. The van der Waals surface area contributed by atoms with E-state index in [-0.39, 0.29) is 23.9 Å². The van der Waals surface area contributed by atoms with Crippen LogP contribution in [0.25, 0.3) is 16.4 Å². The molecule has 1 saturated heterocycles. The lowest BCUT2D eigenvalue weighted by molar-refractivity contribution is 0.0590. The van der Waals surface area contributed by atoms with Crippen LogP contribution in [0.1, 0.15) is 42.7 Å². The number of hydrogen-bond donors (Lipinski definition) is 1. The zero-order valence-electron chi connectivity index (χ0n) is 23.1. The molecular formula is C29H30Cl2N6O3S. The molecule has 4 aromatic rings. The Morgan fingerprint density at radius 1 is 1.12 bits per heavy atom. The second-order valence-electron chi connectivity index (χ2n) is 10.1. The van der Waals surface area contributed by atoms with E-state index < -0.39 is 0 Å². The summed E-state index contributed by atoms with van der Waals surface area (Å²) in [6.45, 7) is 7.19. The molecule has 1 unspecified atom stereocenters. The van der Waals surface area contributed by atoms with Gasteiger partial charge in [0, 0.05) is 42.3 Å². The summed E-state index contributed by atoms with van der Waals surface area (Å²) in [5.41, 5.74) is 3.65. The van der Waals surface area contributed by atoms with E-state index in [4.69, 9.17) is 32.9 Å². The van der Waals surface area contributed by atoms with E-state index in [1.165, 1.54) is 11.3 Å². The molecule has 5 rings (SSSR count). The van der Waals surface area contributed by atoms with Gasteiger partial charge < -0.3 is 19.9 Å². The lowest BCUT2D eigenvalue weighted by Crippen LogP contribution is -2.56. The molecule has 1 aliphatic heterocycles. The fourth-order valence-corrected chi connectivity index (χ4v) is 5.99. The summed E-state index contributed by atoms with van der Waals surface area (Å²) < 4.78 is 7.11. The van der Waals surface area contributed by atoms with Crippen LogP contribution in [-0.2, 0) is 0 Å². The van der Waals surface area contributed by atoms with E-state index in [2.05, 4.69) is 10.4 Å². The fourth-order valence-electron chi connectivity index (χ4n) is 4.89. The second-order valence-corrected chi connectivity index (χ2v) is 11.8. The van der Waals surface area contributed by atoms with Crippen molar-refractivity contribution >= 4 is 52.2 Å². The van der Waals surface area contributed by atoms with Gasteiger partial charge in [-0.3, -0.25) is 4.79 Å². The molecule has 0 bridgehead atoms. The van der Waals surface area contributed by atoms with E-state index in [9.17, 15) is 9.59 Å². The van der Waals surface area contributed by atoms with E-state index in [1.807, 2.05) is 50.4 Å². The number of methoxy groups -OCH3 is 1. The van der Waals surface area contributed by atoms with Gasteiger partial charge in [0.2, 0.25) is 5.13 Å². The molecule has 41 heavy (non-hydrogen) atoms. The van der Waals surface area contributed by atoms with Gasteiger partial charge in [-0.2, -0.15) is 5.10 Å². The molecule has 1 N–H and O–H groups in total. The Bertz CT molecular complexity index is 1590. The highest BCUT2D eigenvalue weighted by Gasteiger charge is 2.33. The number of piperazine rings is 1. The smallest absolute Gasteiger partial charge is 0.322 e. The number of hydrogen-bond acceptors (Lipinski definition) is 6. The Balaban J connectivity index is 1.31. The van der Waals surface area contributed by atoms with Crippen LogP contribution < -0.4 is 10.1 Å². The summed E-state index contributed by atoms with van der Waals surface area (Å²) in [7, 11) is 1.63. The Kier molecular flexibility index (Phi) is 8.53. The Hall–Kier alpha value is -3.60. The highest BCUT2D eigenvalue weighted by atomic mass is 35.5. The number of benzene rings is 2. The number of rotatable bonds is 6. The molecule has 9 nitrogen and oxygen atoms in total. The van der Waals surface area contributed by atoms with Crippen molar-refractivity contribution in [3.8, 4) is 22.1 Å². The number of anilines is 1. The Morgan fingerprint density at radius 2 is 1.93 bits per heavy atom. The molecule has 3 amide bonds. The number of thiazole rings is 1. The van der Waals surface area contributed by atoms with E-state index in [0.29, 0.717) is 46.1 Å². The molecule has 12 heteroatoms. The zero-order valence-corrected chi connectivity index (χ0v) is 25.4. The van der Waals surface area contributed by atoms with Crippen LogP contribution in [0.5, 0.6) is 5.75 Å². The molecule has 1 atom stereocenters. The van der Waals surface area contributed by atoms with Gasteiger partial charge in [-0.15, -0.1) is 11.3 Å². The number of amides is 3. The summed E-state index contributed by atoms with van der Waals surface area (Å²) in [5, 5.41) is 10.9. The van der Waals surface area contributed by atoms with Gasteiger partial charge in [-0.1, -0.05) is 49.2 Å². The number of carbonyl (C=O) groups is 2. The summed E-state index contributed by atoms with van der Waals surface area (Å²) in [4.78, 5) is 35.0. The number of nitrogens with one attached hydrogen (secondary N) is 1. The van der Waals surface area contributed by atoms with E-state index in [1.54, 1.807) is 46.0 Å². The van der Waals surface area contributed by atoms with Crippen molar-refractivity contribution in [3.05, 3.63) is 75.3 Å². The summed E-state index contributed by atoms with van der Waals surface area (Å²) in [5.74, 6) is 0.672. The van der Waals surface area contributed by atoms with Crippen molar-refractivity contribution in [2.75, 3.05) is 32.1 Å². The topological polar surface area (TPSA) is 92.6 Å². The van der Waals surface area contributed by atoms with Crippen LogP contribution in [-0.4, -0.2) is 69.3 Å². The van der Waals surface area contributed by atoms with Crippen molar-refractivity contribution in [2.24, 2.45) is 0 Å². The van der Waals surface area contributed by atoms with Gasteiger partial charge in [0.25, 0.3) is 5.91 Å². The summed E-state index contributed by atoms with van der Waals surface area (Å²) >= 11 is 13.5. The van der Waals surface area contributed by atoms with Gasteiger partial charge in [0.1, 0.15) is 5.75 Å². The first kappa shape index (κ1) is 28.9. The average Bonchev–Trinajstić information content (AvgIpc) is 3.62. The van der Waals surface area contributed by atoms with Crippen LogP contribution in [0.2, 0.25) is 10.0 Å². The minimum atomic E-state index is -0.255. The minimum absolute atomic E-state index is 0.0244. The molecular weight excluding hydrogens is 583 g/mol. The molecule has 0 radical (unpaired) electrons. The van der Waals surface area contributed by atoms with Crippen LogP contribution >= 0.6 is 34.5 Å². The third kappa shape index (κ3) is 6.05. The number of carbonyl (C=O) groups excluding carboxylic acids is 2. The van der Waals surface area contributed by atoms with Crippen LogP contribution in [0, 0.1) is 0 Å². The number of aromatic nitrogens is 3. The maximum absolute atomic E-state index is 13.7. The molecule has 2 aromatic carbocycles. The zero-order chi connectivity index (χ0) is 29.3. The van der Waals surface area contributed by atoms with Crippen LogP contribution in [0.4, 0.5) is 10.5 Å². The molecule has 2 aromatic heterocycles.